The van der Waals surface area contributed by atoms with Crippen molar-refractivity contribution >= 4 is 15.9 Å². The van der Waals surface area contributed by atoms with Crippen LogP contribution in [0.5, 0.6) is 0 Å². The first-order valence-electron chi connectivity index (χ1n) is 12.2. The molecule has 0 saturated heterocycles. The van der Waals surface area contributed by atoms with E-state index >= 15 is 0 Å². The number of hydrogen-bond acceptors (Lipinski definition) is 4. The summed E-state index contributed by atoms with van der Waals surface area (Å²) in [6.45, 7) is 6.55. The van der Waals surface area contributed by atoms with Crippen LogP contribution in [0.1, 0.15) is 77.2 Å². The maximum absolute atomic E-state index is 13.3. The van der Waals surface area contributed by atoms with Gasteiger partial charge >= 0.3 is 0 Å². The first-order valence-corrected chi connectivity index (χ1v) is 13.6. The number of rotatable bonds is 3. The topological polar surface area (TPSA) is 60.4 Å². The van der Waals surface area contributed by atoms with Crippen LogP contribution in [0.4, 0.5) is 0 Å². The molecule has 0 aliphatic heterocycles. The number of carbonyl (C=O) groups is 1. The van der Waals surface area contributed by atoms with Gasteiger partial charge in [-0.15, -0.1) is 0 Å². The van der Waals surface area contributed by atoms with Gasteiger partial charge in [0.2, 0.25) is 0 Å². The molecule has 5 heteroatoms. The molecule has 0 radical (unpaired) electrons. The van der Waals surface area contributed by atoms with E-state index in [1.807, 2.05) is 6.92 Å². The van der Waals surface area contributed by atoms with Crippen LogP contribution in [0.15, 0.2) is 29.2 Å². The fourth-order valence-electron chi connectivity index (χ4n) is 8.10. The second kappa shape index (κ2) is 7.41. The average Bonchev–Trinajstić information content (AvgIpc) is 2.97. The Morgan fingerprint density at radius 2 is 1.68 bits per heavy atom. The van der Waals surface area contributed by atoms with Crippen LogP contribution >= 0.6 is 0 Å². The monoisotopic (exact) mass is 444 g/mol. The molecular formula is C26H36O4S. The molecule has 1 aromatic carbocycles. The van der Waals surface area contributed by atoms with Gasteiger partial charge in [-0.1, -0.05) is 44.4 Å². The molecule has 4 fully saturated rings. The summed E-state index contributed by atoms with van der Waals surface area (Å²) in [5.74, 6) is 1.97. The standard InChI is InChI=1S/C26H36O4S/c1-17-7-10-19(11-8-17)31(28,29)30-23-16-22(27)24-20-12-9-18-6-4-5-14-25(18,2)21(20)13-15-26(23,24)3/h7-8,10-11,18,20-21,23-24H,4-6,9,12-16H2,1-3H3/t18-,20-,21+,23-,24+,25+,26+/m1/s1. The van der Waals surface area contributed by atoms with Gasteiger partial charge in [0.05, 0.1) is 11.0 Å². The van der Waals surface area contributed by atoms with Gasteiger partial charge in [-0.25, -0.2) is 0 Å². The minimum atomic E-state index is -3.89. The highest BCUT2D eigenvalue weighted by atomic mass is 32.2. The first-order chi connectivity index (χ1) is 14.6. The van der Waals surface area contributed by atoms with Gasteiger partial charge < -0.3 is 0 Å². The normalized spacial score (nSPS) is 42.5. The van der Waals surface area contributed by atoms with Gasteiger partial charge in [0, 0.05) is 17.8 Å². The lowest BCUT2D eigenvalue weighted by molar-refractivity contribution is -0.141. The Labute approximate surface area is 187 Å². The van der Waals surface area contributed by atoms with E-state index in [2.05, 4.69) is 13.8 Å². The Hall–Kier alpha value is -1.20. The van der Waals surface area contributed by atoms with Gasteiger partial charge in [0.1, 0.15) is 5.78 Å². The van der Waals surface area contributed by atoms with Crippen molar-refractivity contribution < 1.29 is 17.4 Å². The van der Waals surface area contributed by atoms with Gasteiger partial charge in [-0.2, -0.15) is 8.42 Å². The molecular weight excluding hydrogens is 408 g/mol. The van der Waals surface area contributed by atoms with E-state index in [1.54, 1.807) is 24.3 Å². The van der Waals surface area contributed by atoms with E-state index in [-0.39, 0.29) is 28.4 Å². The molecule has 0 heterocycles. The summed E-state index contributed by atoms with van der Waals surface area (Å²) in [5.41, 5.74) is 0.982. The Balaban J connectivity index is 1.41. The van der Waals surface area contributed by atoms with Crippen LogP contribution in [-0.2, 0) is 19.1 Å². The van der Waals surface area contributed by atoms with Crippen LogP contribution in [-0.4, -0.2) is 20.3 Å². The molecule has 31 heavy (non-hydrogen) atoms. The largest absolute Gasteiger partial charge is 0.299 e. The molecule has 0 amide bonds. The maximum Gasteiger partial charge on any atom is 0.297 e. The van der Waals surface area contributed by atoms with Crippen molar-refractivity contribution in [3.63, 3.8) is 0 Å². The summed E-state index contributed by atoms with van der Waals surface area (Å²) < 4.78 is 31.9. The van der Waals surface area contributed by atoms with Crippen molar-refractivity contribution in [1.82, 2.24) is 0 Å². The second-order valence-electron chi connectivity index (χ2n) is 11.3. The molecule has 7 atom stereocenters. The summed E-state index contributed by atoms with van der Waals surface area (Å²) in [5, 5.41) is 0. The van der Waals surface area contributed by atoms with Crippen LogP contribution in [0, 0.1) is 41.4 Å². The predicted octanol–water partition coefficient (Wildman–Crippen LogP) is 5.68. The lowest BCUT2D eigenvalue weighted by atomic mass is 9.45. The number of carbonyl (C=O) groups excluding carboxylic acids is 1. The lowest BCUT2D eigenvalue weighted by Gasteiger charge is -2.59. The van der Waals surface area contributed by atoms with Crippen LogP contribution in [0.2, 0.25) is 0 Å². The molecule has 1 aromatic rings. The first kappa shape index (κ1) is 21.6. The van der Waals surface area contributed by atoms with E-state index in [4.69, 9.17) is 4.18 Å². The number of ketones is 1. The predicted molar refractivity (Wildman–Crippen MR) is 120 cm³/mol. The molecule has 5 rings (SSSR count). The Kier molecular flexibility index (Phi) is 5.17. The summed E-state index contributed by atoms with van der Waals surface area (Å²) in [6, 6.07) is 6.77. The maximum atomic E-state index is 13.3. The molecule has 0 unspecified atom stereocenters. The van der Waals surface area contributed by atoms with E-state index in [9.17, 15) is 13.2 Å². The highest BCUT2D eigenvalue weighted by Gasteiger charge is 2.63. The van der Waals surface area contributed by atoms with E-state index in [1.165, 1.54) is 32.1 Å². The fraction of sp³-hybridized carbons (Fsp3) is 0.731. The molecule has 4 aliphatic rings. The van der Waals surface area contributed by atoms with E-state index < -0.39 is 16.2 Å². The number of fused-ring (bicyclic) bond motifs is 5. The van der Waals surface area contributed by atoms with Crippen molar-refractivity contribution in [3.8, 4) is 0 Å². The van der Waals surface area contributed by atoms with Gasteiger partial charge in [0.25, 0.3) is 10.1 Å². The second-order valence-corrected chi connectivity index (χ2v) is 12.9. The summed E-state index contributed by atoms with van der Waals surface area (Å²) in [4.78, 5) is 13.5. The zero-order valence-electron chi connectivity index (χ0n) is 19.1. The SMILES string of the molecule is Cc1ccc(S(=O)(=O)O[C@@H]2CC(=O)[C@@H]3[C@@H]4CC[C@H]5CCCC[C@]5(C)[C@H]4CC[C@]32C)cc1. The lowest BCUT2D eigenvalue weighted by Crippen LogP contribution is -2.54. The number of benzene rings is 1. The number of aryl methyl sites for hydroxylation is 1. The van der Waals surface area contributed by atoms with Gasteiger partial charge in [-0.3, -0.25) is 8.98 Å². The summed E-state index contributed by atoms with van der Waals surface area (Å²) >= 11 is 0. The van der Waals surface area contributed by atoms with E-state index in [0.717, 1.165) is 30.7 Å². The minimum absolute atomic E-state index is 0.0517. The molecule has 4 nitrogen and oxygen atoms in total. The highest BCUT2D eigenvalue weighted by molar-refractivity contribution is 7.86. The van der Waals surface area contributed by atoms with Crippen LogP contribution in [0.25, 0.3) is 0 Å². The van der Waals surface area contributed by atoms with Gasteiger partial charge in [0.15, 0.2) is 0 Å². The van der Waals surface area contributed by atoms with Crippen LogP contribution < -0.4 is 0 Å². The molecule has 4 aliphatic carbocycles. The van der Waals surface area contributed by atoms with Gasteiger partial charge in [-0.05, 0) is 80.8 Å². The molecule has 0 bridgehead atoms. The zero-order chi connectivity index (χ0) is 22.0. The summed E-state index contributed by atoms with van der Waals surface area (Å²) in [7, 11) is -3.89. The average molecular weight is 445 g/mol. The highest BCUT2D eigenvalue weighted by Crippen LogP contribution is 2.66. The molecule has 170 valence electrons. The zero-order valence-corrected chi connectivity index (χ0v) is 19.9. The van der Waals surface area contributed by atoms with Crippen molar-refractivity contribution in [2.45, 2.75) is 89.6 Å². The summed E-state index contributed by atoms with van der Waals surface area (Å²) in [6.07, 6.45) is 9.32. The minimum Gasteiger partial charge on any atom is -0.299 e. The third-order valence-electron chi connectivity index (χ3n) is 9.82. The molecule has 0 N–H and O–H groups in total. The Morgan fingerprint density at radius 3 is 2.42 bits per heavy atom. The van der Waals surface area contributed by atoms with Crippen molar-refractivity contribution in [3.05, 3.63) is 29.8 Å². The number of Topliss-reactive ketones (excluding diaryl/α,β-unsaturated/α-hetero) is 1. The quantitative estimate of drug-likeness (QED) is 0.563. The third-order valence-corrected chi connectivity index (χ3v) is 11.2. The van der Waals surface area contributed by atoms with Crippen molar-refractivity contribution in [1.29, 1.82) is 0 Å². The smallest absolute Gasteiger partial charge is 0.297 e. The Bertz CT molecular complexity index is 968. The van der Waals surface area contributed by atoms with Crippen molar-refractivity contribution in [2.75, 3.05) is 0 Å². The Morgan fingerprint density at radius 1 is 0.935 bits per heavy atom. The van der Waals surface area contributed by atoms with E-state index in [0.29, 0.717) is 17.3 Å². The third kappa shape index (κ3) is 3.33. The molecule has 0 aromatic heterocycles. The van der Waals surface area contributed by atoms with Crippen LogP contribution in [0.3, 0.4) is 0 Å². The van der Waals surface area contributed by atoms with Crippen molar-refractivity contribution in [2.24, 2.45) is 34.5 Å². The fourth-order valence-corrected chi connectivity index (χ4v) is 9.27. The number of hydrogen-bond donors (Lipinski definition) is 0. The molecule has 0 spiro atoms. The molecule has 4 saturated carbocycles.